The van der Waals surface area contributed by atoms with Gasteiger partial charge in [-0.1, -0.05) is 12.1 Å². The number of nitrogens with zero attached hydrogens (tertiary/aromatic N) is 2. The van der Waals surface area contributed by atoms with Crippen LogP contribution in [0.25, 0.3) is 10.2 Å². The van der Waals surface area contributed by atoms with E-state index in [4.69, 9.17) is 10.5 Å². The van der Waals surface area contributed by atoms with Crippen LogP contribution in [0.15, 0.2) is 24.3 Å². The molecular formula is C17H22N4O4S2. The van der Waals surface area contributed by atoms with Crippen LogP contribution in [0.4, 0.5) is 4.79 Å². The molecule has 0 aliphatic carbocycles. The van der Waals surface area contributed by atoms with Crippen molar-refractivity contribution in [1.29, 1.82) is 0 Å². The number of nitrogens with two attached hydrogens (primary N) is 1. The maximum atomic E-state index is 12.2. The number of fused-ring (bicyclic) bond motifs is 1. The monoisotopic (exact) mass is 410 g/mol. The number of amides is 3. The third kappa shape index (κ3) is 6.40. The molecule has 1 atom stereocenters. The SMILES string of the molecule is CSCC[C@H](NC(N)=O)C(=O)OCC(=O)N(C)Cc1nc2ccccc2s1. The van der Waals surface area contributed by atoms with E-state index in [2.05, 4.69) is 10.3 Å². The Balaban J connectivity index is 1.87. The smallest absolute Gasteiger partial charge is 0.329 e. The lowest BCUT2D eigenvalue weighted by molar-refractivity contribution is -0.153. The Morgan fingerprint density at radius 3 is 2.78 bits per heavy atom. The van der Waals surface area contributed by atoms with Gasteiger partial charge in [0.1, 0.15) is 11.0 Å². The second-order valence-corrected chi connectivity index (χ2v) is 7.88. The highest BCUT2D eigenvalue weighted by molar-refractivity contribution is 7.98. The third-order valence-corrected chi connectivity index (χ3v) is 5.35. The zero-order valence-corrected chi connectivity index (χ0v) is 16.8. The number of urea groups is 1. The topological polar surface area (TPSA) is 115 Å². The van der Waals surface area contributed by atoms with Gasteiger partial charge in [0, 0.05) is 7.05 Å². The van der Waals surface area contributed by atoms with E-state index in [1.165, 1.54) is 28.0 Å². The van der Waals surface area contributed by atoms with Crippen LogP contribution in [0, 0.1) is 0 Å². The van der Waals surface area contributed by atoms with Gasteiger partial charge in [-0.25, -0.2) is 14.6 Å². The Labute approximate surface area is 165 Å². The molecule has 0 aliphatic heterocycles. The van der Waals surface area contributed by atoms with Gasteiger partial charge in [0.2, 0.25) is 0 Å². The first-order chi connectivity index (χ1) is 12.9. The molecule has 1 aromatic heterocycles. The quantitative estimate of drug-likeness (QED) is 0.607. The molecule has 0 spiro atoms. The summed E-state index contributed by atoms with van der Waals surface area (Å²) in [7, 11) is 1.62. The molecule has 27 heavy (non-hydrogen) atoms. The Hall–Kier alpha value is -2.33. The van der Waals surface area contributed by atoms with E-state index in [0.717, 1.165) is 15.2 Å². The zero-order valence-electron chi connectivity index (χ0n) is 15.1. The Bertz CT molecular complexity index is 778. The van der Waals surface area contributed by atoms with Crippen LogP contribution < -0.4 is 11.1 Å². The minimum Gasteiger partial charge on any atom is -0.454 e. The first-order valence-electron chi connectivity index (χ1n) is 8.20. The number of esters is 1. The fourth-order valence-corrected chi connectivity index (χ4v) is 3.77. The van der Waals surface area contributed by atoms with Gasteiger partial charge >= 0.3 is 12.0 Å². The van der Waals surface area contributed by atoms with E-state index in [9.17, 15) is 14.4 Å². The fourth-order valence-electron chi connectivity index (χ4n) is 2.28. The van der Waals surface area contributed by atoms with E-state index < -0.39 is 24.6 Å². The number of carbonyl (C=O) groups excluding carboxylic acids is 3. The van der Waals surface area contributed by atoms with Crippen molar-refractivity contribution < 1.29 is 19.1 Å². The van der Waals surface area contributed by atoms with Crippen LogP contribution in [0.1, 0.15) is 11.4 Å². The summed E-state index contributed by atoms with van der Waals surface area (Å²) in [5, 5.41) is 3.14. The number of nitrogens with one attached hydrogen (secondary N) is 1. The molecule has 2 aromatic rings. The second-order valence-electron chi connectivity index (χ2n) is 5.78. The van der Waals surface area contributed by atoms with Crippen LogP contribution in [0.5, 0.6) is 0 Å². The lowest BCUT2D eigenvalue weighted by Crippen LogP contribution is -2.45. The summed E-state index contributed by atoms with van der Waals surface area (Å²) < 4.78 is 6.10. The van der Waals surface area contributed by atoms with Gasteiger partial charge < -0.3 is 20.7 Å². The fraction of sp³-hybridized carbons (Fsp3) is 0.412. The minimum atomic E-state index is -0.864. The number of rotatable bonds is 9. The standard InChI is InChI=1S/C17H22N4O4S2/c1-21(9-14-19-11-5-3-4-6-13(11)27-14)15(22)10-25-16(23)12(7-8-26-2)20-17(18)24/h3-6,12H,7-10H2,1-2H3,(H3,18,20,24)/t12-/m0/s1. The Morgan fingerprint density at radius 1 is 1.37 bits per heavy atom. The van der Waals surface area contributed by atoms with Crippen LogP contribution in [0.2, 0.25) is 0 Å². The number of hydrogen-bond donors (Lipinski definition) is 2. The van der Waals surface area contributed by atoms with E-state index >= 15 is 0 Å². The summed E-state index contributed by atoms with van der Waals surface area (Å²) in [6, 6.07) is 6.06. The highest BCUT2D eigenvalue weighted by Gasteiger charge is 2.22. The van der Waals surface area contributed by atoms with Gasteiger partial charge in [-0.2, -0.15) is 11.8 Å². The number of ether oxygens (including phenoxy) is 1. The molecule has 0 unspecified atom stereocenters. The van der Waals surface area contributed by atoms with Crippen molar-refractivity contribution in [2.24, 2.45) is 5.73 Å². The van der Waals surface area contributed by atoms with Gasteiger partial charge in [0.15, 0.2) is 6.61 Å². The molecule has 0 aliphatic rings. The molecule has 3 amide bonds. The normalized spacial score (nSPS) is 11.8. The van der Waals surface area contributed by atoms with Crippen molar-refractivity contribution in [3.63, 3.8) is 0 Å². The molecule has 2 rings (SSSR count). The first-order valence-corrected chi connectivity index (χ1v) is 10.4. The van der Waals surface area contributed by atoms with Gasteiger partial charge in [0.25, 0.3) is 5.91 Å². The number of thiazole rings is 1. The number of thioether (sulfide) groups is 1. The van der Waals surface area contributed by atoms with Crippen LogP contribution in [0.3, 0.4) is 0 Å². The number of aromatic nitrogens is 1. The largest absolute Gasteiger partial charge is 0.454 e. The van der Waals surface area contributed by atoms with E-state index in [1.807, 2.05) is 30.5 Å². The van der Waals surface area contributed by atoms with Crippen LogP contribution in [-0.4, -0.2) is 59.5 Å². The minimum absolute atomic E-state index is 0.325. The molecule has 0 saturated heterocycles. The molecule has 8 nitrogen and oxygen atoms in total. The summed E-state index contributed by atoms with van der Waals surface area (Å²) in [6.45, 7) is -0.0817. The summed E-state index contributed by atoms with van der Waals surface area (Å²) in [6.07, 6.45) is 2.26. The number of para-hydroxylation sites is 1. The van der Waals surface area contributed by atoms with E-state index in [0.29, 0.717) is 18.7 Å². The van der Waals surface area contributed by atoms with Crippen LogP contribution >= 0.6 is 23.1 Å². The lowest BCUT2D eigenvalue weighted by atomic mass is 10.2. The van der Waals surface area contributed by atoms with Gasteiger partial charge in [0.05, 0.1) is 16.8 Å². The van der Waals surface area contributed by atoms with Gasteiger partial charge in [-0.05, 0) is 30.6 Å². The number of primary amides is 1. The number of likely N-dealkylation sites (N-methyl/N-ethyl adjacent to an activating group) is 1. The molecule has 1 heterocycles. The van der Waals surface area contributed by atoms with Crippen molar-refractivity contribution in [2.75, 3.05) is 25.7 Å². The molecular weight excluding hydrogens is 388 g/mol. The zero-order chi connectivity index (χ0) is 19.8. The lowest BCUT2D eigenvalue weighted by Gasteiger charge is -2.18. The average Bonchev–Trinajstić information content (AvgIpc) is 3.04. The molecule has 146 valence electrons. The van der Waals surface area contributed by atoms with Gasteiger partial charge in [-0.15, -0.1) is 11.3 Å². The van der Waals surface area contributed by atoms with E-state index in [-0.39, 0.29) is 5.91 Å². The molecule has 0 radical (unpaired) electrons. The average molecular weight is 411 g/mol. The molecule has 10 heteroatoms. The molecule has 0 bridgehead atoms. The highest BCUT2D eigenvalue weighted by atomic mass is 32.2. The van der Waals surface area contributed by atoms with Crippen molar-refractivity contribution in [1.82, 2.24) is 15.2 Å². The highest BCUT2D eigenvalue weighted by Crippen LogP contribution is 2.22. The Morgan fingerprint density at radius 2 is 2.11 bits per heavy atom. The van der Waals surface area contributed by atoms with E-state index in [1.54, 1.807) is 7.05 Å². The Kier molecular flexibility index (Phi) is 7.86. The summed E-state index contributed by atoms with van der Waals surface area (Å²) >= 11 is 3.04. The number of hydrogen-bond acceptors (Lipinski definition) is 7. The molecule has 1 aromatic carbocycles. The summed E-state index contributed by atoms with van der Waals surface area (Å²) in [5.74, 6) is -0.388. The number of benzene rings is 1. The van der Waals surface area contributed by atoms with Crippen molar-refractivity contribution in [3.05, 3.63) is 29.3 Å². The second kappa shape index (κ2) is 10.1. The number of carbonyl (C=O) groups is 3. The van der Waals surface area contributed by atoms with Crippen LogP contribution in [-0.2, 0) is 20.9 Å². The molecule has 0 fully saturated rings. The molecule has 0 saturated carbocycles. The first kappa shape index (κ1) is 21.0. The predicted molar refractivity (Wildman–Crippen MR) is 107 cm³/mol. The van der Waals surface area contributed by atoms with Crippen molar-refractivity contribution in [3.8, 4) is 0 Å². The van der Waals surface area contributed by atoms with Gasteiger partial charge in [-0.3, -0.25) is 4.79 Å². The maximum absolute atomic E-state index is 12.2. The molecule has 3 N–H and O–H groups in total. The predicted octanol–water partition coefficient (Wildman–Crippen LogP) is 1.59. The summed E-state index contributed by atoms with van der Waals surface area (Å²) in [4.78, 5) is 41.3. The summed E-state index contributed by atoms with van der Waals surface area (Å²) in [5.41, 5.74) is 5.97. The van der Waals surface area contributed by atoms with Crippen molar-refractivity contribution in [2.45, 2.75) is 19.0 Å². The van der Waals surface area contributed by atoms with Crippen molar-refractivity contribution >= 4 is 51.2 Å². The maximum Gasteiger partial charge on any atom is 0.329 e. The third-order valence-electron chi connectivity index (χ3n) is 3.69.